The van der Waals surface area contributed by atoms with Crippen molar-refractivity contribution in [3.05, 3.63) is 36.7 Å². The average Bonchev–Trinajstić information content (AvgIpc) is 2.65. The molecule has 0 aliphatic rings. The highest BCUT2D eigenvalue weighted by Crippen LogP contribution is 2.15. The van der Waals surface area contributed by atoms with E-state index in [1.54, 1.807) is 6.20 Å². The van der Waals surface area contributed by atoms with Gasteiger partial charge in [-0.15, -0.1) is 0 Å². The van der Waals surface area contributed by atoms with Crippen LogP contribution in [0.1, 0.15) is 0 Å². The molecule has 0 aliphatic heterocycles. The van der Waals surface area contributed by atoms with Gasteiger partial charge in [-0.3, -0.25) is 0 Å². The number of nitriles is 1. The maximum atomic E-state index is 8.81. The lowest BCUT2D eigenvalue weighted by Gasteiger charge is -1.97. The van der Waals surface area contributed by atoms with Crippen LogP contribution in [0.3, 0.4) is 0 Å². The van der Waals surface area contributed by atoms with E-state index in [4.69, 9.17) is 10.4 Å². The first kappa shape index (κ1) is 8.32. The summed E-state index contributed by atoms with van der Waals surface area (Å²) in [7, 11) is 0. The van der Waals surface area contributed by atoms with E-state index in [1.807, 2.05) is 30.3 Å². The summed E-state index contributed by atoms with van der Waals surface area (Å²) in [6, 6.07) is 9.33. The van der Waals surface area contributed by atoms with E-state index in [0.717, 1.165) is 17.2 Å². The van der Waals surface area contributed by atoms with Crippen molar-refractivity contribution in [3.63, 3.8) is 0 Å². The van der Waals surface area contributed by atoms with Gasteiger partial charge in [0.25, 0.3) is 0 Å². The first-order valence-electron chi connectivity index (χ1n) is 4.04. The Morgan fingerprint density at radius 1 is 1.50 bits per heavy atom. The number of allylic oxidation sites excluding steroid dienone is 1. The van der Waals surface area contributed by atoms with Crippen LogP contribution in [0.25, 0.3) is 16.6 Å². The number of hydrogen-bond acceptors (Lipinski definition) is 3. The molecule has 1 heterocycles. The Morgan fingerprint density at radius 2 is 2.29 bits per heavy atom. The lowest BCUT2D eigenvalue weighted by Crippen LogP contribution is -1.96. The van der Waals surface area contributed by atoms with Crippen molar-refractivity contribution >= 4 is 16.6 Å². The lowest BCUT2D eigenvalue weighted by molar-refractivity contribution is 0.473. The van der Waals surface area contributed by atoms with E-state index in [0.29, 0.717) is 0 Å². The van der Waals surface area contributed by atoms with Crippen molar-refractivity contribution in [2.24, 2.45) is 0 Å². The zero-order valence-electron chi connectivity index (χ0n) is 7.25. The van der Waals surface area contributed by atoms with Crippen LogP contribution in [0, 0.1) is 11.3 Å². The number of nitrogens with zero attached hydrogens (tertiary/aromatic N) is 3. The number of aliphatic hydroxyl groups is 1. The third-order valence-electron chi connectivity index (χ3n) is 1.94. The van der Waals surface area contributed by atoms with Crippen molar-refractivity contribution in [1.82, 2.24) is 9.78 Å². The van der Waals surface area contributed by atoms with Gasteiger partial charge in [0.2, 0.25) is 0 Å². The molecule has 4 nitrogen and oxygen atoms in total. The summed E-state index contributed by atoms with van der Waals surface area (Å²) in [5, 5.41) is 22.5. The van der Waals surface area contributed by atoms with Gasteiger partial charge in [-0.25, -0.2) is 4.68 Å². The Morgan fingerprint density at radius 3 is 3.00 bits per heavy atom. The molecule has 14 heavy (non-hydrogen) atoms. The topological polar surface area (TPSA) is 61.8 Å². The van der Waals surface area contributed by atoms with Gasteiger partial charge in [-0.2, -0.15) is 10.4 Å². The maximum absolute atomic E-state index is 8.81. The van der Waals surface area contributed by atoms with Crippen LogP contribution in [0.2, 0.25) is 0 Å². The predicted octanol–water partition coefficient (Wildman–Crippen LogP) is 1.92. The largest absolute Gasteiger partial charge is 0.513 e. The zero-order chi connectivity index (χ0) is 9.97. The highest BCUT2D eigenvalue weighted by molar-refractivity contribution is 5.83. The van der Waals surface area contributed by atoms with Gasteiger partial charge in [-0.05, 0) is 6.07 Å². The molecule has 1 N–H and O–H groups in total. The minimum atomic E-state index is 0.103. The van der Waals surface area contributed by atoms with Crippen LogP contribution in [-0.4, -0.2) is 14.9 Å². The molecule has 0 atom stereocenters. The standard InChI is InChI=1S/C10H7N3O/c11-5-9(7-14)13-10-4-2-1-3-8(10)6-12-13/h1-4,6-7,14H/b9-7-. The summed E-state index contributed by atoms with van der Waals surface area (Å²) in [4.78, 5) is 0. The fourth-order valence-corrected chi connectivity index (χ4v) is 1.29. The van der Waals surface area contributed by atoms with E-state index in [-0.39, 0.29) is 5.70 Å². The third-order valence-corrected chi connectivity index (χ3v) is 1.94. The second-order valence-electron chi connectivity index (χ2n) is 2.74. The van der Waals surface area contributed by atoms with E-state index in [1.165, 1.54) is 4.68 Å². The Labute approximate surface area is 80.3 Å². The molecular weight excluding hydrogens is 178 g/mol. The Bertz CT molecular complexity index is 534. The monoisotopic (exact) mass is 185 g/mol. The zero-order valence-corrected chi connectivity index (χ0v) is 7.25. The smallest absolute Gasteiger partial charge is 0.176 e. The Kier molecular flexibility index (Phi) is 1.92. The molecule has 2 aromatic rings. The summed E-state index contributed by atoms with van der Waals surface area (Å²) in [5.74, 6) is 0. The molecule has 68 valence electrons. The molecule has 0 spiro atoms. The second-order valence-corrected chi connectivity index (χ2v) is 2.74. The number of benzene rings is 1. The summed E-state index contributed by atoms with van der Waals surface area (Å²) >= 11 is 0. The van der Waals surface area contributed by atoms with Crippen molar-refractivity contribution < 1.29 is 5.11 Å². The number of aliphatic hydroxyl groups excluding tert-OH is 1. The number of fused-ring (bicyclic) bond motifs is 1. The van der Waals surface area contributed by atoms with Crippen LogP contribution >= 0.6 is 0 Å². The van der Waals surface area contributed by atoms with Crippen LogP contribution in [0.4, 0.5) is 0 Å². The maximum Gasteiger partial charge on any atom is 0.176 e. The minimum absolute atomic E-state index is 0.103. The molecule has 0 amide bonds. The molecule has 2 rings (SSSR count). The first-order valence-corrected chi connectivity index (χ1v) is 4.04. The summed E-state index contributed by atoms with van der Waals surface area (Å²) in [6.45, 7) is 0. The molecule has 0 saturated carbocycles. The highest BCUT2D eigenvalue weighted by atomic mass is 16.2. The normalized spacial score (nSPS) is 11.5. The van der Waals surface area contributed by atoms with Crippen molar-refractivity contribution in [2.75, 3.05) is 0 Å². The molecule has 0 bridgehead atoms. The molecule has 0 unspecified atom stereocenters. The number of aromatic nitrogens is 2. The molecule has 1 aromatic heterocycles. The molecule has 1 aromatic carbocycles. The van der Waals surface area contributed by atoms with Gasteiger partial charge >= 0.3 is 0 Å². The first-order chi connectivity index (χ1) is 6.86. The van der Waals surface area contributed by atoms with Crippen molar-refractivity contribution in [2.45, 2.75) is 0 Å². The summed E-state index contributed by atoms with van der Waals surface area (Å²) < 4.78 is 1.40. The second kappa shape index (κ2) is 3.23. The fourth-order valence-electron chi connectivity index (χ4n) is 1.29. The fraction of sp³-hybridized carbons (Fsp3) is 0. The highest BCUT2D eigenvalue weighted by Gasteiger charge is 2.05. The average molecular weight is 185 g/mol. The number of para-hydroxylation sites is 1. The van der Waals surface area contributed by atoms with Crippen LogP contribution < -0.4 is 0 Å². The Balaban J connectivity index is 2.71. The van der Waals surface area contributed by atoms with Crippen molar-refractivity contribution in [1.29, 1.82) is 5.26 Å². The number of hydrogen-bond donors (Lipinski definition) is 1. The van der Waals surface area contributed by atoms with Crippen molar-refractivity contribution in [3.8, 4) is 6.07 Å². The van der Waals surface area contributed by atoms with Crippen LogP contribution in [0.15, 0.2) is 36.7 Å². The SMILES string of the molecule is N#C/C(=C/O)n1ncc2ccccc21. The Hall–Kier alpha value is -2.28. The van der Waals surface area contributed by atoms with Gasteiger partial charge in [0.15, 0.2) is 5.70 Å². The quantitative estimate of drug-likeness (QED) is 0.545. The van der Waals surface area contributed by atoms with Gasteiger partial charge in [0, 0.05) is 5.39 Å². The van der Waals surface area contributed by atoms with E-state index in [9.17, 15) is 0 Å². The van der Waals surface area contributed by atoms with Gasteiger partial charge in [-0.1, -0.05) is 18.2 Å². The molecule has 4 heteroatoms. The van der Waals surface area contributed by atoms with E-state index >= 15 is 0 Å². The van der Waals surface area contributed by atoms with Gasteiger partial charge < -0.3 is 5.11 Å². The van der Waals surface area contributed by atoms with Gasteiger partial charge in [0.1, 0.15) is 12.3 Å². The predicted molar refractivity (Wildman–Crippen MR) is 52.2 cm³/mol. The molecule has 0 saturated heterocycles. The van der Waals surface area contributed by atoms with Crippen LogP contribution in [0.5, 0.6) is 0 Å². The summed E-state index contributed by atoms with van der Waals surface area (Å²) in [6.07, 6.45) is 2.40. The van der Waals surface area contributed by atoms with Crippen LogP contribution in [-0.2, 0) is 0 Å². The molecule has 0 radical (unpaired) electrons. The minimum Gasteiger partial charge on any atom is -0.513 e. The third kappa shape index (κ3) is 1.12. The summed E-state index contributed by atoms with van der Waals surface area (Å²) in [5.41, 5.74) is 0.903. The molecule has 0 fully saturated rings. The molecular formula is C10H7N3O. The number of rotatable bonds is 1. The van der Waals surface area contributed by atoms with Gasteiger partial charge in [0.05, 0.1) is 11.7 Å². The van der Waals surface area contributed by atoms with E-state index in [2.05, 4.69) is 5.10 Å². The van der Waals surface area contributed by atoms with E-state index < -0.39 is 0 Å². The molecule has 0 aliphatic carbocycles. The lowest BCUT2D eigenvalue weighted by atomic mass is 10.2.